The Morgan fingerprint density at radius 2 is 2.18 bits per heavy atom. The number of nitrogens with zero attached hydrogens (tertiary/aromatic N) is 2. The number of halogens is 2. The molecule has 0 bridgehead atoms. The number of aryl methyl sites for hydroxylation is 2. The minimum absolute atomic E-state index is 0.237. The maximum Gasteiger partial charge on any atom is 0.124 e. The molecule has 1 heterocycles. The molecular formula is C12H13BrFN3. The van der Waals surface area contributed by atoms with Gasteiger partial charge in [0.1, 0.15) is 5.82 Å². The average Bonchev–Trinajstić information content (AvgIpc) is 2.53. The smallest absolute Gasteiger partial charge is 0.124 e. The van der Waals surface area contributed by atoms with E-state index in [4.69, 9.17) is 0 Å². The number of nitrogens with one attached hydrogen (secondary N) is 1. The zero-order chi connectivity index (χ0) is 12.4. The van der Waals surface area contributed by atoms with Gasteiger partial charge in [-0.25, -0.2) is 4.39 Å². The van der Waals surface area contributed by atoms with Crippen molar-refractivity contribution in [2.24, 2.45) is 7.05 Å². The van der Waals surface area contributed by atoms with Crippen molar-refractivity contribution in [3.05, 3.63) is 45.9 Å². The molecule has 5 heteroatoms. The third-order valence-electron chi connectivity index (χ3n) is 2.42. The van der Waals surface area contributed by atoms with Crippen LogP contribution in [0, 0.1) is 12.7 Å². The van der Waals surface area contributed by atoms with E-state index in [-0.39, 0.29) is 5.82 Å². The highest BCUT2D eigenvalue weighted by atomic mass is 79.9. The Morgan fingerprint density at radius 3 is 2.76 bits per heavy atom. The summed E-state index contributed by atoms with van der Waals surface area (Å²) in [6, 6.07) is 4.85. The summed E-state index contributed by atoms with van der Waals surface area (Å²) in [7, 11) is 1.87. The molecular weight excluding hydrogens is 285 g/mol. The van der Waals surface area contributed by atoms with E-state index in [9.17, 15) is 4.39 Å². The number of rotatable bonds is 3. The predicted molar refractivity (Wildman–Crippen MR) is 69.4 cm³/mol. The summed E-state index contributed by atoms with van der Waals surface area (Å²) in [5.74, 6) is -0.237. The van der Waals surface area contributed by atoms with Crippen LogP contribution in [0.25, 0.3) is 0 Å². The zero-order valence-corrected chi connectivity index (χ0v) is 11.3. The minimum Gasteiger partial charge on any atom is -0.378 e. The van der Waals surface area contributed by atoms with E-state index in [0.717, 1.165) is 21.4 Å². The quantitative estimate of drug-likeness (QED) is 0.942. The molecule has 0 radical (unpaired) electrons. The van der Waals surface area contributed by atoms with Gasteiger partial charge < -0.3 is 5.32 Å². The SMILES string of the molecule is Cc1nn(C)cc1NCc1cc(F)cc(Br)c1. The largest absolute Gasteiger partial charge is 0.378 e. The fraction of sp³-hybridized carbons (Fsp3) is 0.250. The third kappa shape index (κ3) is 3.06. The molecule has 1 N–H and O–H groups in total. The molecule has 90 valence electrons. The van der Waals surface area contributed by atoms with Crippen molar-refractivity contribution in [3.8, 4) is 0 Å². The van der Waals surface area contributed by atoms with E-state index < -0.39 is 0 Å². The van der Waals surface area contributed by atoms with E-state index in [1.54, 1.807) is 4.68 Å². The van der Waals surface area contributed by atoms with E-state index in [2.05, 4.69) is 26.3 Å². The number of hydrogen-bond donors (Lipinski definition) is 1. The molecule has 0 saturated carbocycles. The van der Waals surface area contributed by atoms with Crippen LogP contribution in [0.2, 0.25) is 0 Å². The Morgan fingerprint density at radius 1 is 1.41 bits per heavy atom. The molecule has 1 aromatic carbocycles. The second-order valence-electron chi connectivity index (χ2n) is 3.93. The first-order valence-corrected chi connectivity index (χ1v) is 6.03. The summed E-state index contributed by atoms with van der Waals surface area (Å²) in [4.78, 5) is 0. The topological polar surface area (TPSA) is 29.9 Å². The Hall–Kier alpha value is -1.36. The highest BCUT2D eigenvalue weighted by molar-refractivity contribution is 9.10. The Labute approximate surface area is 108 Å². The molecule has 2 aromatic rings. The Balaban J connectivity index is 2.09. The fourth-order valence-electron chi connectivity index (χ4n) is 1.68. The maximum absolute atomic E-state index is 13.2. The van der Waals surface area contributed by atoms with Crippen LogP contribution in [-0.4, -0.2) is 9.78 Å². The van der Waals surface area contributed by atoms with Gasteiger partial charge in [-0.3, -0.25) is 4.68 Å². The van der Waals surface area contributed by atoms with Gasteiger partial charge in [0, 0.05) is 24.3 Å². The van der Waals surface area contributed by atoms with Crippen LogP contribution in [0.3, 0.4) is 0 Å². The van der Waals surface area contributed by atoms with Gasteiger partial charge >= 0.3 is 0 Å². The summed E-state index contributed by atoms with van der Waals surface area (Å²) in [6.45, 7) is 2.51. The van der Waals surface area contributed by atoms with Crippen LogP contribution >= 0.6 is 15.9 Å². The van der Waals surface area contributed by atoms with Crippen molar-refractivity contribution in [1.29, 1.82) is 0 Å². The lowest BCUT2D eigenvalue weighted by molar-refractivity contribution is 0.625. The molecule has 2 rings (SSSR count). The van der Waals surface area contributed by atoms with Crippen molar-refractivity contribution < 1.29 is 4.39 Å². The van der Waals surface area contributed by atoms with Crippen LogP contribution in [0.5, 0.6) is 0 Å². The van der Waals surface area contributed by atoms with E-state index in [1.807, 2.05) is 26.2 Å². The van der Waals surface area contributed by atoms with Crippen molar-refractivity contribution in [2.45, 2.75) is 13.5 Å². The number of hydrogen-bond acceptors (Lipinski definition) is 2. The third-order valence-corrected chi connectivity index (χ3v) is 2.88. The first kappa shape index (κ1) is 12.1. The summed E-state index contributed by atoms with van der Waals surface area (Å²) in [5, 5.41) is 7.46. The second-order valence-corrected chi connectivity index (χ2v) is 4.85. The molecule has 0 atom stereocenters. The monoisotopic (exact) mass is 297 g/mol. The second kappa shape index (κ2) is 4.87. The van der Waals surface area contributed by atoms with Crippen molar-refractivity contribution in [1.82, 2.24) is 9.78 Å². The molecule has 1 aromatic heterocycles. The number of aromatic nitrogens is 2. The van der Waals surface area contributed by atoms with Gasteiger partial charge in [-0.2, -0.15) is 5.10 Å². The zero-order valence-electron chi connectivity index (χ0n) is 9.67. The Bertz CT molecular complexity index is 516. The van der Waals surface area contributed by atoms with Gasteiger partial charge in [-0.15, -0.1) is 0 Å². The van der Waals surface area contributed by atoms with Crippen molar-refractivity contribution >= 4 is 21.6 Å². The average molecular weight is 298 g/mol. The van der Waals surface area contributed by atoms with E-state index >= 15 is 0 Å². The van der Waals surface area contributed by atoms with Gasteiger partial charge in [-0.05, 0) is 30.7 Å². The standard InChI is InChI=1S/C12H13BrFN3/c1-8-12(7-17(2)16-8)15-6-9-3-10(13)5-11(14)4-9/h3-5,7,15H,6H2,1-2H3. The Kier molecular flexibility index (Phi) is 3.47. The molecule has 0 aliphatic carbocycles. The lowest BCUT2D eigenvalue weighted by Gasteiger charge is -2.05. The fourth-order valence-corrected chi connectivity index (χ4v) is 2.20. The van der Waals surface area contributed by atoms with Crippen LogP contribution in [-0.2, 0) is 13.6 Å². The molecule has 0 spiro atoms. The molecule has 0 unspecified atom stereocenters. The summed E-state index contributed by atoms with van der Waals surface area (Å²) in [5.41, 5.74) is 2.79. The molecule has 0 fully saturated rings. The molecule has 0 saturated heterocycles. The van der Waals surface area contributed by atoms with E-state index in [1.165, 1.54) is 12.1 Å². The maximum atomic E-state index is 13.2. The summed E-state index contributed by atoms with van der Waals surface area (Å²) in [6.07, 6.45) is 1.91. The number of benzene rings is 1. The first-order valence-electron chi connectivity index (χ1n) is 5.23. The lowest BCUT2D eigenvalue weighted by Crippen LogP contribution is -2.00. The lowest BCUT2D eigenvalue weighted by atomic mass is 10.2. The minimum atomic E-state index is -0.237. The molecule has 0 amide bonds. The van der Waals surface area contributed by atoms with Gasteiger partial charge in [0.15, 0.2) is 0 Å². The van der Waals surface area contributed by atoms with Crippen molar-refractivity contribution in [2.75, 3.05) is 5.32 Å². The predicted octanol–water partition coefficient (Wildman–Crippen LogP) is 3.24. The van der Waals surface area contributed by atoms with Crippen LogP contribution in [0.1, 0.15) is 11.3 Å². The van der Waals surface area contributed by atoms with Crippen LogP contribution < -0.4 is 5.32 Å². The first-order chi connectivity index (χ1) is 8.04. The van der Waals surface area contributed by atoms with Gasteiger partial charge in [0.05, 0.1) is 11.4 Å². The highest BCUT2D eigenvalue weighted by Gasteiger charge is 2.03. The summed E-state index contributed by atoms with van der Waals surface area (Å²) >= 11 is 3.27. The normalized spacial score (nSPS) is 10.6. The van der Waals surface area contributed by atoms with Gasteiger partial charge in [-0.1, -0.05) is 15.9 Å². The van der Waals surface area contributed by atoms with Crippen LogP contribution in [0.4, 0.5) is 10.1 Å². The molecule has 17 heavy (non-hydrogen) atoms. The van der Waals surface area contributed by atoms with Gasteiger partial charge in [0.25, 0.3) is 0 Å². The molecule has 0 aliphatic heterocycles. The van der Waals surface area contributed by atoms with E-state index in [0.29, 0.717) is 6.54 Å². The highest BCUT2D eigenvalue weighted by Crippen LogP contribution is 2.17. The van der Waals surface area contributed by atoms with Gasteiger partial charge in [0.2, 0.25) is 0 Å². The number of anilines is 1. The van der Waals surface area contributed by atoms with Crippen molar-refractivity contribution in [3.63, 3.8) is 0 Å². The summed E-state index contributed by atoms with van der Waals surface area (Å²) < 4.78 is 15.7. The van der Waals surface area contributed by atoms with Crippen LogP contribution in [0.15, 0.2) is 28.9 Å². The molecule has 3 nitrogen and oxygen atoms in total. The molecule has 0 aliphatic rings.